The standard InChI is InChI=1S/C21H16F3NO/c22-21(23,24)18-13-11-16(12-14-18)19(15-7-3-1-4-8-15)25-20(26)17-9-5-2-6-10-17/h1-14,19H,(H,25,26). The summed E-state index contributed by atoms with van der Waals surface area (Å²) in [5.74, 6) is -0.292. The Morgan fingerprint density at radius 1 is 0.731 bits per heavy atom. The molecule has 26 heavy (non-hydrogen) atoms. The van der Waals surface area contributed by atoms with Gasteiger partial charge < -0.3 is 5.32 Å². The summed E-state index contributed by atoms with van der Waals surface area (Å²) in [6.45, 7) is 0. The van der Waals surface area contributed by atoms with Gasteiger partial charge >= 0.3 is 6.18 Å². The average molecular weight is 355 g/mol. The minimum absolute atomic E-state index is 0.292. The Morgan fingerprint density at radius 2 is 1.23 bits per heavy atom. The zero-order chi connectivity index (χ0) is 18.6. The number of carbonyl (C=O) groups excluding carboxylic acids is 1. The van der Waals surface area contributed by atoms with Crippen molar-refractivity contribution in [1.29, 1.82) is 0 Å². The fourth-order valence-electron chi connectivity index (χ4n) is 2.67. The molecule has 0 heterocycles. The third-order valence-corrected chi connectivity index (χ3v) is 4.02. The second-order valence-corrected chi connectivity index (χ2v) is 5.80. The van der Waals surface area contributed by atoms with E-state index in [1.54, 1.807) is 30.3 Å². The van der Waals surface area contributed by atoms with Gasteiger partial charge in [0.1, 0.15) is 0 Å². The molecule has 0 saturated carbocycles. The van der Waals surface area contributed by atoms with Gasteiger partial charge in [-0.05, 0) is 35.4 Å². The first-order valence-corrected chi connectivity index (χ1v) is 8.03. The first-order valence-electron chi connectivity index (χ1n) is 8.03. The molecule has 132 valence electrons. The number of halogens is 3. The highest BCUT2D eigenvalue weighted by Crippen LogP contribution is 2.31. The van der Waals surface area contributed by atoms with E-state index in [1.807, 2.05) is 30.3 Å². The Balaban J connectivity index is 1.93. The van der Waals surface area contributed by atoms with Crippen molar-refractivity contribution in [1.82, 2.24) is 5.32 Å². The summed E-state index contributed by atoms with van der Waals surface area (Å²) in [5.41, 5.74) is 1.13. The van der Waals surface area contributed by atoms with E-state index < -0.39 is 17.8 Å². The van der Waals surface area contributed by atoms with Crippen molar-refractivity contribution < 1.29 is 18.0 Å². The van der Waals surface area contributed by atoms with Crippen LogP contribution >= 0.6 is 0 Å². The molecule has 0 aliphatic carbocycles. The molecular formula is C21H16F3NO. The summed E-state index contributed by atoms with van der Waals surface area (Å²) >= 11 is 0. The van der Waals surface area contributed by atoms with E-state index in [9.17, 15) is 18.0 Å². The van der Waals surface area contributed by atoms with Crippen LogP contribution in [0.1, 0.15) is 33.1 Å². The monoisotopic (exact) mass is 355 g/mol. The Labute approximate surface area is 149 Å². The quantitative estimate of drug-likeness (QED) is 0.683. The van der Waals surface area contributed by atoms with Crippen molar-refractivity contribution in [3.8, 4) is 0 Å². The molecule has 3 aromatic rings. The van der Waals surface area contributed by atoms with E-state index in [-0.39, 0.29) is 5.91 Å². The van der Waals surface area contributed by atoms with Crippen LogP contribution in [0.4, 0.5) is 13.2 Å². The molecule has 0 aliphatic rings. The van der Waals surface area contributed by atoms with Crippen LogP contribution in [0.15, 0.2) is 84.9 Å². The molecule has 0 spiro atoms. The van der Waals surface area contributed by atoms with Gasteiger partial charge in [-0.1, -0.05) is 60.7 Å². The molecule has 0 saturated heterocycles. The number of nitrogens with one attached hydrogen (secondary N) is 1. The third kappa shape index (κ3) is 4.11. The van der Waals surface area contributed by atoms with Crippen molar-refractivity contribution in [2.75, 3.05) is 0 Å². The summed E-state index contributed by atoms with van der Waals surface area (Å²) in [6.07, 6.45) is -4.39. The lowest BCUT2D eigenvalue weighted by Gasteiger charge is -2.20. The van der Waals surface area contributed by atoms with Gasteiger partial charge in [0.05, 0.1) is 11.6 Å². The summed E-state index contributed by atoms with van der Waals surface area (Å²) in [7, 11) is 0. The number of carbonyl (C=O) groups is 1. The van der Waals surface area contributed by atoms with Gasteiger partial charge in [0.25, 0.3) is 5.91 Å². The van der Waals surface area contributed by atoms with Crippen molar-refractivity contribution in [3.63, 3.8) is 0 Å². The molecule has 1 N–H and O–H groups in total. The lowest BCUT2D eigenvalue weighted by atomic mass is 9.97. The molecule has 0 fully saturated rings. The number of hydrogen-bond acceptors (Lipinski definition) is 1. The summed E-state index contributed by atoms with van der Waals surface area (Å²) < 4.78 is 38.4. The van der Waals surface area contributed by atoms with E-state index in [0.29, 0.717) is 11.1 Å². The van der Waals surface area contributed by atoms with Crippen LogP contribution < -0.4 is 5.32 Å². The maximum Gasteiger partial charge on any atom is 0.416 e. The van der Waals surface area contributed by atoms with E-state index in [1.165, 1.54) is 12.1 Å². The number of hydrogen-bond donors (Lipinski definition) is 1. The summed E-state index contributed by atoms with van der Waals surface area (Å²) in [4.78, 5) is 12.5. The topological polar surface area (TPSA) is 29.1 Å². The maximum absolute atomic E-state index is 12.8. The Kier molecular flexibility index (Phi) is 5.07. The van der Waals surface area contributed by atoms with Gasteiger partial charge in [0.2, 0.25) is 0 Å². The van der Waals surface area contributed by atoms with Gasteiger partial charge in [-0.3, -0.25) is 4.79 Å². The van der Waals surface area contributed by atoms with Crippen LogP contribution in [0.2, 0.25) is 0 Å². The Morgan fingerprint density at radius 3 is 1.77 bits per heavy atom. The second-order valence-electron chi connectivity index (χ2n) is 5.80. The lowest BCUT2D eigenvalue weighted by molar-refractivity contribution is -0.137. The normalized spacial score (nSPS) is 12.4. The molecule has 2 nitrogen and oxygen atoms in total. The van der Waals surface area contributed by atoms with Crippen molar-refractivity contribution in [3.05, 3.63) is 107 Å². The zero-order valence-electron chi connectivity index (χ0n) is 13.7. The molecule has 0 bridgehead atoms. The van der Waals surface area contributed by atoms with E-state index in [4.69, 9.17) is 0 Å². The van der Waals surface area contributed by atoms with Gasteiger partial charge in [-0.15, -0.1) is 0 Å². The molecule has 1 amide bonds. The van der Waals surface area contributed by atoms with Crippen LogP contribution in [0, 0.1) is 0 Å². The van der Waals surface area contributed by atoms with Crippen molar-refractivity contribution in [2.45, 2.75) is 12.2 Å². The van der Waals surface area contributed by atoms with Crippen LogP contribution in [0.3, 0.4) is 0 Å². The van der Waals surface area contributed by atoms with E-state index >= 15 is 0 Å². The lowest BCUT2D eigenvalue weighted by Crippen LogP contribution is -2.29. The molecule has 1 unspecified atom stereocenters. The van der Waals surface area contributed by atoms with Crippen molar-refractivity contribution in [2.24, 2.45) is 0 Å². The molecule has 3 rings (SSSR count). The molecular weight excluding hydrogens is 339 g/mol. The molecule has 1 atom stereocenters. The molecule has 3 aromatic carbocycles. The molecule has 0 radical (unpaired) electrons. The first kappa shape index (κ1) is 17.7. The van der Waals surface area contributed by atoms with Crippen LogP contribution in [0.25, 0.3) is 0 Å². The minimum atomic E-state index is -4.39. The SMILES string of the molecule is O=C(NC(c1ccccc1)c1ccc(C(F)(F)F)cc1)c1ccccc1. The largest absolute Gasteiger partial charge is 0.416 e. The maximum atomic E-state index is 12.8. The van der Waals surface area contributed by atoms with Gasteiger partial charge in [-0.25, -0.2) is 0 Å². The van der Waals surface area contributed by atoms with Gasteiger partial charge in [0, 0.05) is 5.56 Å². The number of amides is 1. The van der Waals surface area contributed by atoms with E-state index in [2.05, 4.69) is 5.32 Å². The highest BCUT2D eigenvalue weighted by Gasteiger charge is 2.30. The predicted molar refractivity (Wildman–Crippen MR) is 93.6 cm³/mol. The third-order valence-electron chi connectivity index (χ3n) is 4.02. The average Bonchev–Trinajstić information content (AvgIpc) is 2.67. The predicted octanol–water partition coefficient (Wildman–Crippen LogP) is 5.22. The molecule has 0 aliphatic heterocycles. The van der Waals surface area contributed by atoms with Crippen LogP contribution in [0.5, 0.6) is 0 Å². The second kappa shape index (κ2) is 7.44. The highest BCUT2D eigenvalue weighted by molar-refractivity contribution is 5.94. The number of rotatable bonds is 4. The highest BCUT2D eigenvalue weighted by atomic mass is 19.4. The molecule has 5 heteroatoms. The zero-order valence-corrected chi connectivity index (χ0v) is 13.7. The van der Waals surface area contributed by atoms with Crippen LogP contribution in [-0.2, 0) is 6.18 Å². The van der Waals surface area contributed by atoms with Gasteiger partial charge in [-0.2, -0.15) is 13.2 Å². The Bertz CT molecular complexity index is 859. The van der Waals surface area contributed by atoms with Crippen LogP contribution in [-0.4, -0.2) is 5.91 Å². The number of benzene rings is 3. The van der Waals surface area contributed by atoms with Crippen molar-refractivity contribution >= 4 is 5.91 Å². The summed E-state index contributed by atoms with van der Waals surface area (Å²) in [5, 5.41) is 2.90. The number of alkyl halides is 3. The summed E-state index contributed by atoms with van der Waals surface area (Å²) in [6, 6.07) is 22.1. The Hall–Kier alpha value is -3.08. The smallest absolute Gasteiger partial charge is 0.341 e. The fourth-order valence-corrected chi connectivity index (χ4v) is 2.67. The first-order chi connectivity index (χ1) is 12.4. The molecule has 0 aromatic heterocycles. The minimum Gasteiger partial charge on any atom is -0.341 e. The van der Waals surface area contributed by atoms with E-state index in [0.717, 1.165) is 17.7 Å². The fraction of sp³-hybridized carbons (Fsp3) is 0.0952. The van der Waals surface area contributed by atoms with Gasteiger partial charge in [0.15, 0.2) is 0 Å².